The molecule has 7 aromatic carbocycles. The van der Waals surface area contributed by atoms with Gasteiger partial charge in [-0.3, -0.25) is 0 Å². The number of hydrogen-bond acceptors (Lipinski definition) is 1. The van der Waals surface area contributed by atoms with E-state index in [1.165, 1.54) is 60.0 Å². The van der Waals surface area contributed by atoms with Crippen LogP contribution in [-0.4, -0.2) is 0 Å². The SMILES string of the molecule is c1ccc(-c2ccc3c(c2)oc2cccc(-c4ccc5ccc6cccc7ccc4c5c67)c23)cc1. The summed E-state index contributed by atoms with van der Waals surface area (Å²) in [4.78, 5) is 0. The Morgan fingerprint density at radius 2 is 1.09 bits per heavy atom. The van der Waals surface area contributed by atoms with Crippen molar-refractivity contribution in [2.24, 2.45) is 0 Å². The first-order valence-corrected chi connectivity index (χ1v) is 12.0. The largest absolute Gasteiger partial charge is 0.456 e. The van der Waals surface area contributed by atoms with Gasteiger partial charge in [0.1, 0.15) is 11.2 Å². The summed E-state index contributed by atoms with van der Waals surface area (Å²) in [5.74, 6) is 0. The van der Waals surface area contributed by atoms with Crippen LogP contribution in [0.5, 0.6) is 0 Å². The van der Waals surface area contributed by atoms with Gasteiger partial charge in [0.25, 0.3) is 0 Å². The molecular weight excluding hydrogens is 424 g/mol. The van der Waals surface area contributed by atoms with E-state index < -0.39 is 0 Å². The van der Waals surface area contributed by atoms with Crippen LogP contribution in [-0.2, 0) is 0 Å². The lowest BCUT2D eigenvalue weighted by molar-refractivity contribution is 0.669. The predicted octanol–water partition coefficient (Wildman–Crippen LogP) is 9.82. The molecule has 1 heterocycles. The van der Waals surface area contributed by atoms with Crippen LogP contribution in [0.15, 0.2) is 126 Å². The third-order valence-electron chi connectivity index (χ3n) is 7.42. The maximum absolute atomic E-state index is 6.40. The molecule has 8 aromatic rings. The summed E-state index contributed by atoms with van der Waals surface area (Å²) in [5.41, 5.74) is 6.67. The number of furan rings is 1. The molecule has 0 bridgehead atoms. The minimum atomic E-state index is 0.923. The number of benzene rings is 7. The topological polar surface area (TPSA) is 13.1 Å². The van der Waals surface area contributed by atoms with Gasteiger partial charge in [0.15, 0.2) is 0 Å². The molecule has 1 aromatic heterocycles. The van der Waals surface area contributed by atoms with Gasteiger partial charge < -0.3 is 4.42 Å². The van der Waals surface area contributed by atoms with Gasteiger partial charge in [0.2, 0.25) is 0 Å². The fourth-order valence-electron chi connectivity index (χ4n) is 5.83. The number of rotatable bonds is 2. The predicted molar refractivity (Wildman–Crippen MR) is 148 cm³/mol. The highest BCUT2D eigenvalue weighted by Crippen LogP contribution is 2.43. The highest BCUT2D eigenvalue weighted by atomic mass is 16.3. The third kappa shape index (κ3) is 2.64. The van der Waals surface area contributed by atoms with Crippen molar-refractivity contribution in [2.75, 3.05) is 0 Å². The van der Waals surface area contributed by atoms with Gasteiger partial charge >= 0.3 is 0 Å². The number of hydrogen-bond donors (Lipinski definition) is 0. The van der Waals surface area contributed by atoms with Crippen LogP contribution in [0.1, 0.15) is 0 Å². The second-order valence-electron chi connectivity index (χ2n) is 9.33. The lowest BCUT2D eigenvalue weighted by Gasteiger charge is -2.14. The molecule has 0 unspecified atom stereocenters. The smallest absolute Gasteiger partial charge is 0.136 e. The standard InChI is InChI=1S/C34H20O/c1-2-6-21(7-3-1)25-16-19-29-31(20-25)35-30-11-5-10-27(34(29)30)26-17-14-24-13-12-22-8-4-9-23-15-18-28(26)33(24)32(22)23/h1-20H. The lowest BCUT2D eigenvalue weighted by Crippen LogP contribution is -1.87. The zero-order valence-corrected chi connectivity index (χ0v) is 19.0. The Kier molecular flexibility index (Phi) is 3.72. The van der Waals surface area contributed by atoms with Gasteiger partial charge in [-0.05, 0) is 72.8 Å². The summed E-state index contributed by atoms with van der Waals surface area (Å²) in [6.07, 6.45) is 0. The molecule has 8 rings (SSSR count). The zero-order valence-electron chi connectivity index (χ0n) is 19.0. The van der Waals surface area contributed by atoms with Crippen molar-refractivity contribution in [1.82, 2.24) is 0 Å². The van der Waals surface area contributed by atoms with E-state index in [1.807, 2.05) is 6.07 Å². The van der Waals surface area contributed by atoms with Crippen LogP contribution < -0.4 is 0 Å². The first-order chi connectivity index (χ1) is 17.3. The summed E-state index contributed by atoms with van der Waals surface area (Å²) in [7, 11) is 0. The Morgan fingerprint density at radius 3 is 1.94 bits per heavy atom. The fraction of sp³-hybridized carbons (Fsp3) is 0. The van der Waals surface area contributed by atoms with Gasteiger partial charge in [0, 0.05) is 10.8 Å². The molecule has 0 aliphatic heterocycles. The molecule has 0 spiro atoms. The van der Waals surface area contributed by atoms with Crippen molar-refractivity contribution in [3.63, 3.8) is 0 Å². The maximum Gasteiger partial charge on any atom is 0.136 e. The molecule has 35 heavy (non-hydrogen) atoms. The molecule has 1 heteroatoms. The van der Waals surface area contributed by atoms with E-state index in [-0.39, 0.29) is 0 Å². The van der Waals surface area contributed by atoms with Crippen LogP contribution in [0, 0.1) is 0 Å². The third-order valence-corrected chi connectivity index (χ3v) is 7.42. The van der Waals surface area contributed by atoms with E-state index in [1.54, 1.807) is 0 Å². The Labute approximate surface area is 202 Å². The monoisotopic (exact) mass is 444 g/mol. The zero-order chi connectivity index (χ0) is 22.9. The number of fused-ring (bicyclic) bond motifs is 3. The van der Waals surface area contributed by atoms with Gasteiger partial charge in [-0.15, -0.1) is 0 Å². The highest BCUT2D eigenvalue weighted by Gasteiger charge is 2.17. The molecule has 162 valence electrons. The lowest BCUT2D eigenvalue weighted by atomic mass is 9.88. The van der Waals surface area contributed by atoms with E-state index in [0.717, 1.165) is 16.6 Å². The average molecular weight is 445 g/mol. The van der Waals surface area contributed by atoms with Crippen molar-refractivity contribution < 1.29 is 4.42 Å². The molecule has 0 atom stereocenters. The van der Waals surface area contributed by atoms with Crippen molar-refractivity contribution >= 4 is 54.3 Å². The first kappa shape index (κ1) is 18.8. The molecule has 0 N–H and O–H groups in total. The molecule has 1 nitrogen and oxygen atoms in total. The van der Waals surface area contributed by atoms with Crippen LogP contribution in [0.2, 0.25) is 0 Å². The van der Waals surface area contributed by atoms with Crippen LogP contribution in [0.3, 0.4) is 0 Å². The molecule has 0 aliphatic carbocycles. The van der Waals surface area contributed by atoms with Crippen LogP contribution in [0.4, 0.5) is 0 Å². The Bertz CT molecular complexity index is 2030. The summed E-state index contributed by atoms with van der Waals surface area (Å²) >= 11 is 0. The molecule has 0 saturated heterocycles. The van der Waals surface area contributed by atoms with Crippen molar-refractivity contribution in [2.45, 2.75) is 0 Å². The second-order valence-corrected chi connectivity index (χ2v) is 9.33. The first-order valence-electron chi connectivity index (χ1n) is 12.0. The highest BCUT2D eigenvalue weighted by molar-refractivity contribution is 6.27. The van der Waals surface area contributed by atoms with Crippen molar-refractivity contribution in [1.29, 1.82) is 0 Å². The molecule has 0 fully saturated rings. The maximum atomic E-state index is 6.40. The molecule has 0 radical (unpaired) electrons. The Morgan fingerprint density at radius 1 is 0.371 bits per heavy atom. The fourth-order valence-corrected chi connectivity index (χ4v) is 5.83. The van der Waals surface area contributed by atoms with Crippen LogP contribution >= 0.6 is 0 Å². The Hall–Kier alpha value is -4.62. The minimum absolute atomic E-state index is 0.923. The average Bonchev–Trinajstić information content (AvgIpc) is 3.30. The van der Waals surface area contributed by atoms with E-state index in [2.05, 4.69) is 115 Å². The van der Waals surface area contributed by atoms with Gasteiger partial charge in [-0.1, -0.05) is 103 Å². The molecule has 0 aliphatic rings. The normalized spacial score (nSPS) is 12.0. The summed E-state index contributed by atoms with van der Waals surface area (Å²) in [6, 6.07) is 43.6. The van der Waals surface area contributed by atoms with E-state index in [9.17, 15) is 0 Å². The van der Waals surface area contributed by atoms with E-state index >= 15 is 0 Å². The van der Waals surface area contributed by atoms with E-state index in [4.69, 9.17) is 4.42 Å². The minimum Gasteiger partial charge on any atom is -0.456 e. The summed E-state index contributed by atoms with van der Waals surface area (Å²) < 4.78 is 6.40. The molecule has 0 saturated carbocycles. The van der Waals surface area contributed by atoms with Gasteiger partial charge in [0.05, 0.1) is 0 Å². The molecular formula is C34H20O. The van der Waals surface area contributed by atoms with E-state index in [0.29, 0.717) is 0 Å². The second kappa shape index (κ2) is 6.94. The van der Waals surface area contributed by atoms with Crippen molar-refractivity contribution in [3.8, 4) is 22.3 Å². The van der Waals surface area contributed by atoms with Gasteiger partial charge in [-0.2, -0.15) is 0 Å². The Balaban J connectivity index is 1.44. The van der Waals surface area contributed by atoms with Crippen LogP contribution in [0.25, 0.3) is 76.5 Å². The quantitative estimate of drug-likeness (QED) is 0.242. The van der Waals surface area contributed by atoms with Gasteiger partial charge in [-0.25, -0.2) is 0 Å². The summed E-state index contributed by atoms with van der Waals surface area (Å²) in [6.45, 7) is 0. The molecule has 0 amide bonds. The van der Waals surface area contributed by atoms with Crippen molar-refractivity contribution in [3.05, 3.63) is 121 Å². The summed E-state index contributed by atoms with van der Waals surface area (Å²) in [5, 5.41) is 10.2.